The topological polar surface area (TPSA) is 150 Å². The number of aromatic amines is 1. The van der Waals surface area contributed by atoms with Crippen molar-refractivity contribution < 1.29 is 33.6 Å². The number of halogens is 1. The highest BCUT2D eigenvalue weighted by molar-refractivity contribution is 14.1. The van der Waals surface area contributed by atoms with E-state index in [1.165, 1.54) is 6.20 Å². The minimum atomic E-state index is -1.45. The number of nitrogens with one attached hydrogen (secondary N) is 2. The van der Waals surface area contributed by atoms with E-state index in [1.807, 2.05) is 103 Å². The van der Waals surface area contributed by atoms with Crippen molar-refractivity contribution in [1.29, 1.82) is 0 Å². The molecule has 1 amide bonds. The molecule has 4 atom stereocenters. The van der Waals surface area contributed by atoms with Gasteiger partial charge in [0.1, 0.15) is 29.3 Å². The fraction of sp³-hybridized carbons (Fsp3) is 0.237. The van der Waals surface area contributed by atoms with Crippen LogP contribution in [0.4, 0.5) is 4.79 Å². The van der Waals surface area contributed by atoms with Gasteiger partial charge in [-0.2, -0.15) is 0 Å². The maximum Gasteiger partial charge on any atom is 0.407 e. The Labute approximate surface area is 307 Å². The summed E-state index contributed by atoms with van der Waals surface area (Å²) >= 11 is 2.19. The average molecular weight is 806 g/mol. The monoisotopic (exact) mass is 805 g/mol. The van der Waals surface area contributed by atoms with Crippen LogP contribution in [0.2, 0.25) is 0 Å². The SMILES string of the molecule is COc1ccc(C(OC[C@H]2O[C@@H](n3ccc(=O)[nH]c3=O)[C@H](OC(=O)NCc3ccc(I)cc3)[C@@H]2O)(c2ccccc2)c2ccc(OC)cc2)cc1. The van der Waals surface area contributed by atoms with E-state index in [0.29, 0.717) is 11.5 Å². The number of aromatic nitrogens is 2. The fourth-order valence-electron chi connectivity index (χ4n) is 6.06. The smallest absolute Gasteiger partial charge is 0.407 e. The molecule has 12 nitrogen and oxygen atoms in total. The molecule has 0 unspecified atom stereocenters. The summed E-state index contributed by atoms with van der Waals surface area (Å²) in [6, 6.07) is 33.2. The van der Waals surface area contributed by atoms with Gasteiger partial charge in [0.05, 0.1) is 20.8 Å². The Kier molecular flexibility index (Phi) is 11.2. The number of carbonyl (C=O) groups excluding carboxylic acids is 1. The number of nitrogens with zero attached hydrogens (tertiary/aromatic N) is 1. The molecule has 13 heteroatoms. The highest BCUT2D eigenvalue weighted by Gasteiger charge is 2.49. The lowest BCUT2D eigenvalue weighted by molar-refractivity contribution is -0.0960. The molecule has 0 saturated carbocycles. The molecule has 0 radical (unpaired) electrons. The number of carbonyl (C=O) groups is 1. The first-order chi connectivity index (χ1) is 24.7. The van der Waals surface area contributed by atoms with Crippen LogP contribution < -0.4 is 26.0 Å². The van der Waals surface area contributed by atoms with Crippen LogP contribution in [0.3, 0.4) is 0 Å². The van der Waals surface area contributed by atoms with Crippen LogP contribution in [0.15, 0.2) is 125 Å². The Hall–Kier alpha value is -4.96. The second-order valence-corrected chi connectivity index (χ2v) is 13.0. The van der Waals surface area contributed by atoms with Crippen LogP contribution in [0.1, 0.15) is 28.5 Å². The Bertz CT molecular complexity index is 1990. The molecule has 6 rings (SSSR count). The molecule has 4 aromatic carbocycles. The summed E-state index contributed by atoms with van der Waals surface area (Å²) in [5.41, 5.74) is 0.468. The number of hydrogen-bond donors (Lipinski definition) is 3. The van der Waals surface area contributed by atoms with E-state index >= 15 is 0 Å². The zero-order chi connectivity index (χ0) is 36.0. The van der Waals surface area contributed by atoms with Crippen LogP contribution in [0, 0.1) is 3.57 Å². The van der Waals surface area contributed by atoms with Crippen molar-refractivity contribution >= 4 is 28.7 Å². The molecule has 2 heterocycles. The number of methoxy groups -OCH3 is 2. The zero-order valence-corrected chi connectivity index (χ0v) is 29.9. The molecular formula is C38H36IN3O9. The summed E-state index contributed by atoms with van der Waals surface area (Å²) in [5.74, 6) is 1.30. The van der Waals surface area contributed by atoms with Gasteiger partial charge in [0.25, 0.3) is 5.56 Å². The molecule has 3 N–H and O–H groups in total. The number of ether oxygens (including phenoxy) is 5. The number of benzene rings is 4. The van der Waals surface area contributed by atoms with Crippen molar-refractivity contribution in [2.45, 2.75) is 36.7 Å². The minimum Gasteiger partial charge on any atom is -0.497 e. The largest absolute Gasteiger partial charge is 0.497 e. The summed E-state index contributed by atoms with van der Waals surface area (Å²) in [6.45, 7) is -0.0502. The third-order valence-corrected chi connectivity index (χ3v) is 9.39. The van der Waals surface area contributed by atoms with Gasteiger partial charge in [-0.05, 0) is 81.2 Å². The van der Waals surface area contributed by atoms with Crippen molar-refractivity contribution in [3.8, 4) is 11.5 Å². The fourth-order valence-corrected chi connectivity index (χ4v) is 6.42. The number of aliphatic hydroxyl groups is 1. The number of rotatable bonds is 12. The van der Waals surface area contributed by atoms with Gasteiger partial charge in [0.15, 0.2) is 12.3 Å². The Morgan fingerprint density at radius 2 is 1.45 bits per heavy atom. The first kappa shape index (κ1) is 35.9. The molecule has 1 aromatic heterocycles. The van der Waals surface area contributed by atoms with Gasteiger partial charge in [0, 0.05) is 22.4 Å². The summed E-state index contributed by atoms with van der Waals surface area (Å²) < 4.78 is 31.9. The molecule has 264 valence electrons. The molecule has 1 aliphatic rings. The van der Waals surface area contributed by atoms with E-state index in [9.17, 15) is 19.5 Å². The number of aliphatic hydroxyl groups excluding tert-OH is 1. The van der Waals surface area contributed by atoms with Crippen LogP contribution in [-0.4, -0.2) is 59.9 Å². The summed E-state index contributed by atoms with van der Waals surface area (Å²) in [7, 11) is 3.17. The maximum absolute atomic E-state index is 13.1. The number of hydrogen-bond acceptors (Lipinski definition) is 9. The van der Waals surface area contributed by atoms with Gasteiger partial charge in [-0.25, -0.2) is 9.59 Å². The zero-order valence-electron chi connectivity index (χ0n) is 27.7. The first-order valence-corrected chi connectivity index (χ1v) is 17.1. The number of H-pyrrole nitrogens is 1. The quantitative estimate of drug-likeness (QED) is 0.120. The number of alkyl carbamates (subject to hydrolysis) is 1. The number of amides is 1. The second kappa shape index (κ2) is 15.9. The Morgan fingerprint density at radius 1 is 0.863 bits per heavy atom. The van der Waals surface area contributed by atoms with Crippen molar-refractivity contribution in [3.63, 3.8) is 0 Å². The van der Waals surface area contributed by atoms with E-state index in [-0.39, 0.29) is 13.2 Å². The van der Waals surface area contributed by atoms with Crippen LogP contribution in [0.25, 0.3) is 0 Å². The van der Waals surface area contributed by atoms with Crippen LogP contribution >= 0.6 is 22.6 Å². The van der Waals surface area contributed by atoms with Crippen LogP contribution in [0.5, 0.6) is 11.5 Å². The lowest BCUT2D eigenvalue weighted by Gasteiger charge is -2.37. The average Bonchev–Trinajstić information content (AvgIpc) is 3.46. The van der Waals surface area contributed by atoms with Gasteiger partial charge in [-0.3, -0.25) is 14.3 Å². The molecule has 0 bridgehead atoms. The van der Waals surface area contributed by atoms with Gasteiger partial charge in [-0.15, -0.1) is 0 Å². The molecule has 51 heavy (non-hydrogen) atoms. The molecule has 0 spiro atoms. The van der Waals surface area contributed by atoms with Gasteiger partial charge in [0.2, 0.25) is 0 Å². The lowest BCUT2D eigenvalue weighted by atomic mass is 9.80. The highest BCUT2D eigenvalue weighted by atomic mass is 127. The minimum absolute atomic E-state index is 0.165. The first-order valence-electron chi connectivity index (χ1n) is 16.0. The van der Waals surface area contributed by atoms with E-state index in [4.69, 9.17) is 23.7 Å². The van der Waals surface area contributed by atoms with Crippen LogP contribution in [-0.2, 0) is 26.4 Å². The van der Waals surface area contributed by atoms with Gasteiger partial charge < -0.3 is 34.1 Å². The predicted molar refractivity (Wildman–Crippen MR) is 196 cm³/mol. The van der Waals surface area contributed by atoms with Crippen molar-refractivity contribution in [1.82, 2.24) is 14.9 Å². The standard InChI is InChI=1S/C38H36IN3O9/c1-47-29-16-10-26(11-17-29)38(25-6-4-3-5-7-25,27-12-18-30(48-2)19-13-27)49-23-31-33(44)34(35(50-31)42-21-20-32(43)41-36(42)45)51-37(46)40-22-24-8-14-28(39)15-9-24/h3-21,31,33-35,44H,22-23H2,1-2H3,(H,40,46)(H,41,43,45)/t31-,33-,34-,35-/m1/s1. The lowest BCUT2D eigenvalue weighted by Crippen LogP contribution is -2.43. The van der Waals surface area contributed by atoms with E-state index < -0.39 is 47.5 Å². The molecule has 1 fully saturated rings. The Balaban J connectivity index is 1.34. The summed E-state index contributed by atoms with van der Waals surface area (Å²) in [4.78, 5) is 40.1. The maximum atomic E-state index is 13.1. The van der Waals surface area contributed by atoms with Gasteiger partial charge >= 0.3 is 11.8 Å². The third-order valence-electron chi connectivity index (χ3n) is 8.67. The Morgan fingerprint density at radius 3 is 2.02 bits per heavy atom. The predicted octanol–water partition coefficient (Wildman–Crippen LogP) is 4.72. The van der Waals surface area contributed by atoms with Gasteiger partial charge in [-0.1, -0.05) is 66.7 Å². The molecule has 1 saturated heterocycles. The van der Waals surface area contributed by atoms with Crippen molar-refractivity contribution in [2.75, 3.05) is 20.8 Å². The molecular weight excluding hydrogens is 769 g/mol. The second-order valence-electron chi connectivity index (χ2n) is 11.7. The third kappa shape index (κ3) is 7.86. The summed E-state index contributed by atoms with van der Waals surface area (Å²) in [6.07, 6.45) is -4.80. The highest BCUT2D eigenvalue weighted by Crippen LogP contribution is 2.43. The van der Waals surface area contributed by atoms with E-state index in [1.54, 1.807) is 14.2 Å². The van der Waals surface area contributed by atoms with E-state index in [2.05, 4.69) is 32.9 Å². The summed E-state index contributed by atoms with van der Waals surface area (Å²) in [5, 5.41) is 14.4. The normalized spacial score (nSPS) is 18.6. The molecule has 1 aliphatic heterocycles. The van der Waals surface area contributed by atoms with Crippen molar-refractivity contribution in [2.24, 2.45) is 0 Å². The molecule has 5 aromatic rings. The van der Waals surface area contributed by atoms with Crippen molar-refractivity contribution in [3.05, 3.63) is 162 Å². The van der Waals surface area contributed by atoms with E-state index in [0.717, 1.165) is 36.5 Å². The molecule has 0 aliphatic carbocycles.